The molecule has 0 fully saturated rings. The van der Waals surface area contributed by atoms with E-state index in [9.17, 15) is 0 Å². The minimum atomic E-state index is 0.755. The van der Waals surface area contributed by atoms with Gasteiger partial charge in [-0.25, -0.2) is 0 Å². The molecule has 0 spiro atoms. The molecule has 1 aromatic rings. The van der Waals surface area contributed by atoms with Crippen molar-refractivity contribution < 1.29 is 5.21 Å². The molecular weight excluding hydrogens is 194 g/mol. The van der Waals surface area contributed by atoms with Gasteiger partial charge in [-0.1, -0.05) is 33.2 Å². The summed E-state index contributed by atoms with van der Waals surface area (Å²) >= 11 is 3.28. The third-order valence-electron chi connectivity index (χ3n) is 1.02. The minimum absolute atomic E-state index is 0.755. The fourth-order valence-electron chi connectivity index (χ4n) is 0.582. The molecule has 0 bridgehead atoms. The van der Waals surface area contributed by atoms with Crippen molar-refractivity contribution in [3.63, 3.8) is 0 Å². The normalized spacial score (nSPS) is 10.5. The zero-order chi connectivity index (χ0) is 7.40. The fourth-order valence-corrected chi connectivity index (χ4v) is 0.846. The standard InChI is InChI=1S/C7H5BrNO/c8-7-3-1-6(2-4-7)5-9-10/h1-4,10H. The largest absolute Gasteiger partial charge is 0.410 e. The van der Waals surface area contributed by atoms with Crippen LogP contribution in [0.4, 0.5) is 0 Å². The van der Waals surface area contributed by atoms with Crippen molar-refractivity contribution in [2.45, 2.75) is 0 Å². The van der Waals surface area contributed by atoms with Crippen LogP contribution in [0.2, 0.25) is 0 Å². The second kappa shape index (κ2) is 3.37. The van der Waals surface area contributed by atoms with E-state index in [1.54, 1.807) is 12.1 Å². The van der Waals surface area contributed by atoms with Crippen LogP contribution in [-0.2, 0) is 0 Å². The molecule has 1 radical (unpaired) electrons. The van der Waals surface area contributed by atoms with Gasteiger partial charge in [-0.15, -0.1) is 0 Å². The van der Waals surface area contributed by atoms with Crippen LogP contribution >= 0.6 is 15.9 Å². The van der Waals surface area contributed by atoms with Crippen LogP contribution in [0.15, 0.2) is 33.9 Å². The third kappa shape index (κ3) is 1.84. The van der Waals surface area contributed by atoms with Crippen molar-refractivity contribution >= 4 is 22.1 Å². The number of hydrogen-bond acceptors (Lipinski definition) is 2. The Balaban J connectivity index is 2.89. The maximum absolute atomic E-state index is 8.09. The van der Waals surface area contributed by atoms with Crippen molar-refractivity contribution in [2.24, 2.45) is 5.16 Å². The van der Waals surface area contributed by atoms with Crippen LogP contribution < -0.4 is 0 Å². The molecule has 1 rings (SSSR count). The molecule has 10 heavy (non-hydrogen) atoms. The molecule has 0 aliphatic carbocycles. The highest BCUT2D eigenvalue weighted by Crippen LogP contribution is 2.08. The summed E-state index contributed by atoms with van der Waals surface area (Å²) < 4.78 is 0.996. The van der Waals surface area contributed by atoms with Crippen molar-refractivity contribution in [3.8, 4) is 0 Å². The van der Waals surface area contributed by atoms with Crippen molar-refractivity contribution in [1.82, 2.24) is 0 Å². The number of rotatable bonds is 1. The Hall–Kier alpha value is -0.830. The number of benzene rings is 1. The van der Waals surface area contributed by atoms with Gasteiger partial charge in [0.05, 0.1) is 0 Å². The summed E-state index contributed by atoms with van der Waals surface area (Å²) in [5.74, 6) is 0. The van der Waals surface area contributed by atoms with E-state index in [1.807, 2.05) is 12.1 Å². The Morgan fingerprint density at radius 1 is 1.30 bits per heavy atom. The molecule has 1 N–H and O–H groups in total. The highest BCUT2D eigenvalue weighted by molar-refractivity contribution is 9.10. The molecule has 51 valence electrons. The van der Waals surface area contributed by atoms with Gasteiger partial charge >= 0.3 is 0 Å². The van der Waals surface area contributed by atoms with Crippen LogP contribution in [0.1, 0.15) is 5.56 Å². The fraction of sp³-hybridized carbons (Fsp3) is 0. The van der Waals surface area contributed by atoms with Crippen LogP contribution in [0.3, 0.4) is 0 Å². The minimum Gasteiger partial charge on any atom is -0.410 e. The molecule has 0 saturated heterocycles. The van der Waals surface area contributed by atoms with Gasteiger partial charge in [0.2, 0.25) is 0 Å². The molecule has 0 atom stereocenters. The van der Waals surface area contributed by atoms with E-state index < -0.39 is 0 Å². The number of nitrogens with zero attached hydrogens (tertiary/aromatic N) is 1. The predicted molar refractivity (Wildman–Crippen MR) is 42.5 cm³/mol. The van der Waals surface area contributed by atoms with E-state index in [2.05, 4.69) is 27.3 Å². The van der Waals surface area contributed by atoms with Gasteiger partial charge in [-0.05, 0) is 12.1 Å². The molecule has 0 aromatic heterocycles. The Morgan fingerprint density at radius 3 is 2.40 bits per heavy atom. The summed E-state index contributed by atoms with van der Waals surface area (Å²) in [4.78, 5) is 0. The van der Waals surface area contributed by atoms with E-state index in [1.165, 1.54) is 0 Å². The van der Waals surface area contributed by atoms with Crippen LogP contribution in [0.25, 0.3) is 0 Å². The van der Waals surface area contributed by atoms with E-state index in [4.69, 9.17) is 5.21 Å². The number of halogens is 1. The van der Waals surface area contributed by atoms with Crippen LogP contribution in [0.5, 0.6) is 0 Å². The maximum Gasteiger partial charge on any atom is 0.139 e. The molecule has 0 amide bonds. The van der Waals surface area contributed by atoms with Crippen molar-refractivity contribution in [3.05, 3.63) is 34.3 Å². The zero-order valence-electron chi connectivity index (χ0n) is 5.08. The lowest BCUT2D eigenvalue weighted by molar-refractivity contribution is 0.322. The molecule has 0 saturated carbocycles. The van der Waals surface area contributed by atoms with Crippen LogP contribution in [0, 0.1) is 0 Å². The highest BCUT2D eigenvalue weighted by atomic mass is 79.9. The smallest absolute Gasteiger partial charge is 0.139 e. The first-order valence-electron chi connectivity index (χ1n) is 2.68. The monoisotopic (exact) mass is 198 g/mol. The summed E-state index contributed by atoms with van der Waals surface area (Å²) in [7, 11) is 0. The van der Waals surface area contributed by atoms with Gasteiger partial charge < -0.3 is 5.21 Å². The van der Waals surface area contributed by atoms with Gasteiger partial charge in [0.1, 0.15) is 6.21 Å². The van der Waals surface area contributed by atoms with Gasteiger partial charge in [0, 0.05) is 10.0 Å². The van der Waals surface area contributed by atoms with Crippen LogP contribution in [-0.4, -0.2) is 11.4 Å². The number of hydrogen-bond donors (Lipinski definition) is 1. The second-order valence-corrected chi connectivity index (χ2v) is 2.63. The quantitative estimate of drug-likeness (QED) is 0.419. The third-order valence-corrected chi connectivity index (χ3v) is 1.55. The summed E-state index contributed by atoms with van der Waals surface area (Å²) in [6.07, 6.45) is 2.39. The maximum atomic E-state index is 8.09. The molecule has 2 nitrogen and oxygen atoms in total. The topological polar surface area (TPSA) is 32.6 Å². The first-order valence-corrected chi connectivity index (χ1v) is 3.48. The summed E-state index contributed by atoms with van der Waals surface area (Å²) in [6, 6.07) is 7.30. The Bertz CT molecular complexity index is 230. The Morgan fingerprint density at radius 2 is 1.90 bits per heavy atom. The molecule has 0 heterocycles. The van der Waals surface area contributed by atoms with Gasteiger partial charge in [-0.3, -0.25) is 0 Å². The van der Waals surface area contributed by atoms with Gasteiger partial charge in [0.15, 0.2) is 0 Å². The summed E-state index contributed by atoms with van der Waals surface area (Å²) in [5, 5.41) is 10.9. The summed E-state index contributed by atoms with van der Waals surface area (Å²) in [6.45, 7) is 0. The zero-order valence-corrected chi connectivity index (χ0v) is 6.67. The molecular formula is C7H5BrNO. The Labute approximate surface area is 67.3 Å². The van der Waals surface area contributed by atoms with E-state index >= 15 is 0 Å². The molecule has 3 heteroatoms. The van der Waals surface area contributed by atoms with E-state index in [0.29, 0.717) is 0 Å². The lowest BCUT2D eigenvalue weighted by Gasteiger charge is -1.89. The van der Waals surface area contributed by atoms with Gasteiger partial charge in [-0.2, -0.15) is 0 Å². The SMILES string of the molecule is O/N=[C]/c1ccc(Br)cc1. The molecule has 1 aromatic carbocycles. The average Bonchev–Trinajstić information content (AvgIpc) is 1.95. The molecule has 0 aliphatic rings. The van der Waals surface area contributed by atoms with E-state index in [0.717, 1.165) is 10.0 Å². The first-order chi connectivity index (χ1) is 4.83. The average molecular weight is 199 g/mol. The second-order valence-electron chi connectivity index (χ2n) is 1.72. The lowest BCUT2D eigenvalue weighted by atomic mass is 10.2. The summed E-state index contributed by atoms with van der Waals surface area (Å²) in [5.41, 5.74) is 0.755. The highest BCUT2D eigenvalue weighted by Gasteiger charge is 1.87. The lowest BCUT2D eigenvalue weighted by Crippen LogP contribution is -1.77. The van der Waals surface area contributed by atoms with E-state index in [-0.39, 0.29) is 0 Å². The Kier molecular flexibility index (Phi) is 2.45. The van der Waals surface area contributed by atoms with Crippen molar-refractivity contribution in [2.75, 3.05) is 0 Å². The van der Waals surface area contributed by atoms with Crippen molar-refractivity contribution in [1.29, 1.82) is 0 Å². The van der Waals surface area contributed by atoms with Gasteiger partial charge in [0.25, 0.3) is 0 Å². The molecule has 0 unspecified atom stereocenters. The molecule has 0 aliphatic heterocycles. The predicted octanol–water partition coefficient (Wildman–Crippen LogP) is 2.13. The first kappa shape index (κ1) is 7.28.